The molecule has 1 aliphatic rings. The third-order valence-corrected chi connectivity index (χ3v) is 2.78. The van der Waals surface area contributed by atoms with Gasteiger partial charge in [-0.3, -0.25) is 9.36 Å². The number of nitrogen functional groups attached to an aromatic ring is 1. The third kappa shape index (κ3) is 1.78. The molecular weight excluding hydrogens is 246 g/mol. The summed E-state index contributed by atoms with van der Waals surface area (Å²) in [6, 6.07) is 1.00. The van der Waals surface area contributed by atoms with Crippen LogP contribution in [0.1, 0.15) is 0 Å². The lowest BCUT2D eigenvalue weighted by Crippen LogP contribution is -2.46. The van der Waals surface area contributed by atoms with Gasteiger partial charge in [0, 0.05) is 12.3 Å². The van der Waals surface area contributed by atoms with Crippen LogP contribution < -0.4 is 11.3 Å². The number of aromatic nitrogens is 2. The SMILES string of the molecule is Nc1nc(=O)ccn1[C@@]1(O)O[C@H](CO)[C@@H](O)[C@H]1O. The van der Waals surface area contributed by atoms with Crippen molar-refractivity contribution in [1.82, 2.24) is 9.55 Å². The van der Waals surface area contributed by atoms with E-state index >= 15 is 0 Å². The second-order valence-electron chi connectivity index (χ2n) is 3.93. The van der Waals surface area contributed by atoms with E-state index in [4.69, 9.17) is 15.6 Å². The summed E-state index contributed by atoms with van der Waals surface area (Å²) in [7, 11) is 0. The summed E-state index contributed by atoms with van der Waals surface area (Å²) in [6.07, 6.45) is -3.36. The van der Waals surface area contributed by atoms with Gasteiger partial charge < -0.3 is 30.9 Å². The molecule has 0 bridgehead atoms. The molecule has 0 amide bonds. The number of nitrogens with two attached hydrogens (primary N) is 1. The molecule has 4 atom stereocenters. The normalized spacial score (nSPS) is 35.9. The fourth-order valence-electron chi connectivity index (χ4n) is 1.82. The molecule has 1 aromatic heterocycles. The van der Waals surface area contributed by atoms with Crippen LogP contribution in [0.15, 0.2) is 17.1 Å². The topological polar surface area (TPSA) is 151 Å². The minimum absolute atomic E-state index is 0.394. The smallest absolute Gasteiger partial charge is 0.286 e. The summed E-state index contributed by atoms with van der Waals surface area (Å²) in [5, 5.41) is 38.4. The van der Waals surface area contributed by atoms with Crippen LogP contribution in [0.25, 0.3) is 0 Å². The Morgan fingerprint density at radius 2 is 2.22 bits per heavy atom. The molecule has 1 saturated heterocycles. The first-order chi connectivity index (χ1) is 8.40. The number of hydrogen-bond donors (Lipinski definition) is 5. The molecule has 0 aromatic carbocycles. The van der Waals surface area contributed by atoms with E-state index in [2.05, 4.69) is 4.98 Å². The lowest BCUT2D eigenvalue weighted by atomic mass is 10.1. The van der Waals surface area contributed by atoms with E-state index < -0.39 is 42.3 Å². The van der Waals surface area contributed by atoms with Crippen molar-refractivity contribution in [3.8, 4) is 0 Å². The van der Waals surface area contributed by atoms with Gasteiger partial charge in [0.25, 0.3) is 11.5 Å². The first-order valence-electron chi connectivity index (χ1n) is 5.13. The minimum atomic E-state index is -2.39. The first kappa shape index (κ1) is 12.9. The number of rotatable bonds is 2. The minimum Gasteiger partial charge on any atom is -0.394 e. The average Bonchev–Trinajstić information content (AvgIpc) is 2.54. The van der Waals surface area contributed by atoms with Gasteiger partial charge in [-0.25, -0.2) is 0 Å². The molecule has 0 unspecified atom stereocenters. The maximum atomic E-state index is 10.9. The third-order valence-electron chi connectivity index (χ3n) is 2.78. The van der Waals surface area contributed by atoms with Crippen LogP contribution in [-0.2, 0) is 10.6 Å². The predicted octanol–water partition coefficient (Wildman–Crippen LogP) is -3.46. The van der Waals surface area contributed by atoms with E-state index in [1.165, 1.54) is 0 Å². The zero-order valence-electron chi connectivity index (χ0n) is 9.17. The van der Waals surface area contributed by atoms with Gasteiger partial charge in [0.1, 0.15) is 12.2 Å². The molecule has 1 aromatic rings. The molecule has 2 rings (SSSR count). The van der Waals surface area contributed by atoms with Crippen LogP contribution in [0.3, 0.4) is 0 Å². The van der Waals surface area contributed by atoms with Gasteiger partial charge in [0.2, 0.25) is 5.95 Å². The van der Waals surface area contributed by atoms with Crippen molar-refractivity contribution >= 4 is 5.95 Å². The molecular formula is C9H13N3O6. The van der Waals surface area contributed by atoms with Crippen molar-refractivity contribution in [1.29, 1.82) is 0 Å². The zero-order chi connectivity index (χ0) is 13.5. The van der Waals surface area contributed by atoms with Gasteiger partial charge in [-0.2, -0.15) is 4.98 Å². The van der Waals surface area contributed by atoms with Crippen molar-refractivity contribution < 1.29 is 25.2 Å². The van der Waals surface area contributed by atoms with Crippen molar-refractivity contribution in [2.45, 2.75) is 24.2 Å². The van der Waals surface area contributed by atoms with E-state index in [0.717, 1.165) is 16.8 Å². The predicted molar refractivity (Wildman–Crippen MR) is 57.1 cm³/mol. The molecule has 0 spiro atoms. The number of anilines is 1. The highest BCUT2D eigenvalue weighted by molar-refractivity contribution is 5.19. The quantitative estimate of drug-likeness (QED) is 0.367. The molecule has 2 heterocycles. The van der Waals surface area contributed by atoms with Crippen molar-refractivity contribution in [2.24, 2.45) is 0 Å². The fraction of sp³-hybridized carbons (Fsp3) is 0.556. The van der Waals surface area contributed by atoms with E-state index in [1.54, 1.807) is 0 Å². The first-order valence-corrected chi connectivity index (χ1v) is 5.13. The van der Waals surface area contributed by atoms with Gasteiger partial charge in [0.15, 0.2) is 6.10 Å². The second-order valence-corrected chi connectivity index (χ2v) is 3.93. The van der Waals surface area contributed by atoms with E-state index in [1.807, 2.05) is 0 Å². The van der Waals surface area contributed by atoms with Crippen LogP contribution in [0.4, 0.5) is 5.95 Å². The van der Waals surface area contributed by atoms with E-state index in [0.29, 0.717) is 0 Å². The summed E-state index contributed by atoms with van der Waals surface area (Å²) in [4.78, 5) is 14.3. The average molecular weight is 259 g/mol. The van der Waals surface area contributed by atoms with Crippen LogP contribution in [-0.4, -0.2) is 54.9 Å². The molecule has 100 valence electrons. The number of hydrogen-bond acceptors (Lipinski definition) is 8. The number of nitrogens with zero attached hydrogens (tertiary/aromatic N) is 2. The molecule has 0 radical (unpaired) electrons. The summed E-state index contributed by atoms with van der Waals surface area (Å²) >= 11 is 0. The highest BCUT2D eigenvalue weighted by Crippen LogP contribution is 2.33. The van der Waals surface area contributed by atoms with E-state index in [-0.39, 0.29) is 0 Å². The van der Waals surface area contributed by atoms with Crippen LogP contribution in [0.2, 0.25) is 0 Å². The van der Waals surface area contributed by atoms with Gasteiger partial charge in [0.05, 0.1) is 6.61 Å². The number of ether oxygens (including phenoxy) is 1. The molecule has 9 heteroatoms. The van der Waals surface area contributed by atoms with Gasteiger partial charge in [-0.1, -0.05) is 0 Å². The molecule has 6 N–H and O–H groups in total. The summed E-state index contributed by atoms with van der Waals surface area (Å²) < 4.78 is 5.78. The summed E-state index contributed by atoms with van der Waals surface area (Å²) in [6.45, 7) is -0.603. The molecule has 18 heavy (non-hydrogen) atoms. The van der Waals surface area contributed by atoms with Crippen LogP contribution >= 0.6 is 0 Å². The van der Waals surface area contributed by atoms with Gasteiger partial charge >= 0.3 is 0 Å². The fourth-order valence-corrected chi connectivity index (χ4v) is 1.82. The standard InChI is InChI=1S/C9H13N3O6/c10-8-11-5(14)1-2-12(8)9(17)7(16)6(15)4(3-13)18-9/h1-2,4,6-7,13,15-17H,3H2,(H2,10,11,14)/t4-,6-,7-,9+/m1/s1. The molecule has 1 fully saturated rings. The highest BCUT2D eigenvalue weighted by Gasteiger charge is 2.55. The lowest BCUT2D eigenvalue weighted by molar-refractivity contribution is -0.288. The summed E-state index contributed by atoms with van der Waals surface area (Å²) in [5.41, 5.74) is 4.81. The molecule has 0 aliphatic carbocycles. The Morgan fingerprint density at radius 1 is 1.56 bits per heavy atom. The largest absolute Gasteiger partial charge is 0.394 e. The van der Waals surface area contributed by atoms with Crippen LogP contribution in [0.5, 0.6) is 0 Å². The zero-order valence-corrected chi connectivity index (χ0v) is 9.17. The Bertz CT molecular complexity index is 505. The van der Waals surface area contributed by atoms with Gasteiger partial charge in [-0.15, -0.1) is 0 Å². The monoisotopic (exact) mass is 259 g/mol. The molecule has 0 saturated carbocycles. The number of aliphatic hydroxyl groups is 4. The van der Waals surface area contributed by atoms with E-state index in [9.17, 15) is 20.1 Å². The van der Waals surface area contributed by atoms with Crippen molar-refractivity contribution in [2.75, 3.05) is 12.3 Å². The Kier molecular flexibility index (Phi) is 3.09. The maximum absolute atomic E-state index is 10.9. The number of aliphatic hydroxyl groups excluding tert-OH is 3. The van der Waals surface area contributed by atoms with Crippen molar-refractivity contribution in [3.05, 3.63) is 22.6 Å². The van der Waals surface area contributed by atoms with Crippen molar-refractivity contribution in [3.63, 3.8) is 0 Å². The summed E-state index contributed by atoms with van der Waals surface area (Å²) in [5.74, 6) is -2.78. The molecule has 9 nitrogen and oxygen atoms in total. The Balaban J connectivity index is 2.45. The maximum Gasteiger partial charge on any atom is 0.286 e. The molecule has 1 aliphatic heterocycles. The highest BCUT2D eigenvalue weighted by atomic mass is 16.7. The van der Waals surface area contributed by atoms with Crippen LogP contribution in [0, 0.1) is 0 Å². The lowest BCUT2D eigenvalue weighted by Gasteiger charge is -2.29. The van der Waals surface area contributed by atoms with Gasteiger partial charge in [-0.05, 0) is 0 Å². The second kappa shape index (κ2) is 4.30. The Hall–Kier alpha value is -1.52. The Morgan fingerprint density at radius 3 is 2.72 bits per heavy atom. The Labute approximate surface area is 101 Å².